The maximum atomic E-state index is 12.6. The fourth-order valence-electron chi connectivity index (χ4n) is 3.27. The average molecular weight is 339 g/mol. The van der Waals surface area contributed by atoms with Gasteiger partial charge < -0.3 is 4.90 Å². The fourth-order valence-corrected chi connectivity index (χ4v) is 3.27. The van der Waals surface area contributed by atoms with Crippen molar-refractivity contribution in [3.63, 3.8) is 0 Å². The van der Waals surface area contributed by atoms with E-state index in [1.54, 1.807) is 6.07 Å². The van der Waals surface area contributed by atoms with Crippen LogP contribution < -0.4 is 5.56 Å². The Morgan fingerprint density at radius 3 is 2.48 bits per heavy atom. The van der Waals surface area contributed by atoms with Crippen LogP contribution in [-0.4, -0.2) is 33.7 Å². The van der Waals surface area contributed by atoms with E-state index in [2.05, 4.69) is 17.2 Å². The Balaban J connectivity index is 1.85. The van der Waals surface area contributed by atoms with E-state index < -0.39 is 0 Å². The van der Waals surface area contributed by atoms with Gasteiger partial charge in [-0.1, -0.05) is 30.5 Å². The van der Waals surface area contributed by atoms with Crippen molar-refractivity contribution in [3.05, 3.63) is 51.8 Å². The number of hydrogen-bond donors (Lipinski definition) is 0. The molecule has 3 rings (SSSR count). The zero-order valence-corrected chi connectivity index (χ0v) is 15.0. The van der Waals surface area contributed by atoms with Gasteiger partial charge in [-0.05, 0) is 44.4 Å². The van der Waals surface area contributed by atoms with Crippen LogP contribution in [0.15, 0.2) is 35.1 Å². The van der Waals surface area contributed by atoms with Crippen LogP contribution in [0.3, 0.4) is 0 Å². The van der Waals surface area contributed by atoms with E-state index in [-0.39, 0.29) is 18.0 Å². The number of aromatic nitrogens is 2. The van der Waals surface area contributed by atoms with Crippen molar-refractivity contribution in [3.8, 4) is 11.3 Å². The summed E-state index contributed by atoms with van der Waals surface area (Å²) in [5.41, 5.74) is 3.72. The van der Waals surface area contributed by atoms with Gasteiger partial charge in [0.15, 0.2) is 0 Å². The predicted molar refractivity (Wildman–Crippen MR) is 98.5 cm³/mol. The van der Waals surface area contributed by atoms with Crippen molar-refractivity contribution in [1.82, 2.24) is 14.7 Å². The van der Waals surface area contributed by atoms with Crippen LogP contribution in [0.5, 0.6) is 0 Å². The number of carbonyl (C=O) groups excluding carboxylic acids is 1. The molecule has 1 aliphatic heterocycles. The first-order chi connectivity index (χ1) is 12.0. The van der Waals surface area contributed by atoms with Crippen LogP contribution in [0.4, 0.5) is 0 Å². The van der Waals surface area contributed by atoms with Gasteiger partial charge in [0.1, 0.15) is 6.54 Å². The lowest BCUT2D eigenvalue weighted by Gasteiger charge is -2.20. The Morgan fingerprint density at radius 2 is 1.76 bits per heavy atom. The monoisotopic (exact) mass is 339 g/mol. The highest BCUT2D eigenvalue weighted by Gasteiger charge is 2.17. The van der Waals surface area contributed by atoms with Crippen LogP contribution in [0.2, 0.25) is 0 Å². The molecule has 0 N–H and O–H groups in total. The maximum Gasteiger partial charge on any atom is 0.267 e. The molecule has 1 aromatic carbocycles. The number of aryl methyl sites for hydroxylation is 2. The smallest absolute Gasteiger partial charge is 0.267 e. The van der Waals surface area contributed by atoms with Crippen molar-refractivity contribution < 1.29 is 4.79 Å². The van der Waals surface area contributed by atoms with Gasteiger partial charge in [-0.25, -0.2) is 4.68 Å². The molecule has 0 saturated carbocycles. The highest BCUT2D eigenvalue weighted by atomic mass is 16.2. The molecule has 25 heavy (non-hydrogen) atoms. The number of nitrogens with zero attached hydrogens (tertiary/aromatic N) is 3. The minimum absolute atomic E-state index is 0.0114. The van der Waals surface area contributed by atoms with Gasteiger partial charge in [-0.3, -0.25) is 9.59 Å². The number of amides is 1. The summed E-state index contributed by atoms with van der Waals surface area (Å²) in [4.78, 5) is 26.6. The van der Waals surface area contributed by atoms with Crippen LogP contribution in [-0.2, 0) is 11.3 Å². The van der Waals surface area contributed by atoms with Crippen molar-refractivity contribution in [2.45, 2.75) is 46.1 Å². The first kappa shape index (κ1) is 17.4. The van der Waals surface area contributed by atoms with Crippen LogP contribution in [0.25, 0.3) is 11.3 Å². The van der Waals surface area contributed by atoms with Gasteiger partial charge in [0.05, 0.1) is 5.69 Å². The lowest BCUT2D eigenvalue weighted by molar-refractivity contribution is -0.132. The maximum absolute atomic E-state index is 12.6. The number of hydrogen-bond acceptors (Lipinski definition) is 3. The van der Waals surface area contributed by atoms with Gasteiger partial charge in [-0.15, -0.1) is 0 Å². The van der Waals surface area contributed by atoms with Crippen molar-refractivity contribution in [2.75, 3.05) is 13.1 Å². The standard InChI is InChI=1S/C20H25N3O2/c1-15-7-8-16(2)17(13-15)18-9-10-19(24)23(21-18)14-20(25)22-11-5-3-4-6-12-22/h7-10,13H,3-6,11-12,14H2,1-2H3. The predicted octanol–water partition coefficient (Wildman–Crippen LogP) is 2.93. The zero-order chi connectivity index (χ0) is 17.8. The molecule has 5 heteroatoms. The summed E-state index contributed by atoms with van der Waals surface area (Å²) in [6, 6.07) is 9.39. The van der Waals surface area contributed by atoms with Crippen molar-refractivity contribution in [1.29, 1.82) is 0 Å². The fraction of sp³-hybridized carbons (Fsp3) is 0.450. The Labute approximate surface area is 148 Å². The molecule has 0 bridgehead atoms. The Kier molecular flexibility index (Phi) is 5.31. The molecule has 1 fully saturated rings. The van der Waals surface area contributed by atoms with Gasteiger partial charge >= 0.3 is 0 Å². The van der Waals surface area contributed by atoms with E-state index in [4.69, 9.17) is 0 Å². The number of carbonyl (C=O) groups is 1. The Morgan fingerprint density at radius 1 is 1.04 bits per heavy atom. The molecule has 132 valence electrons. The molecule has 0 aliphatic carbocycles. The van der Waals surface area contributed by atoms with E-state index in [1.807, 2.05) is 24.8 Å². The zero-order valence-electron chi connectivity index (χ0n) is 15.0. The molecule has 0 unspecified atom stereocenters. The third-order valence-corrected chi connectivity index (χ3v) is 4.78. The molecular formula is C20H25N3O2. The minimum atomic E-state index is -0.239. The van der Waals surface area contributed by atoms with Crippen molar-refractivity contribution in [2.24, 2.45) is 0 Å². The Hall–Kier alpha value is -2.43. The number of likely N-dealkylation sites (tertiary alicyclic amines) is 1. The second-order valence-electron chi connectivity index (χ2n) is 6.83. The van der Waals surface area contributed by atoms with Crippen LogP contribution >= 0.6 is 0 Å². The Bertz CT molecular complexity index is 818. The largest absolute Gasteiger partial charge is 0.341 e. The SMILES string of the molecule is Cc1ccc(C)c(-c2ccc(=O)n(CC(=O)N3CCCCCC3)n2)c1. The van der Waals surface area contributed by atoms with Gasteiger partial charge in [0.25, 0.3) is 5.56 Å². The van der Waals surface area contributed by atoms with Gasteiger partial charge in [0, 0.05) is 24.7 Å². The molecule has 5 nitrogen and oxygen atoms in total. The summed E-state index contributed by atoms with van der Waals surface area (Å²) in [6.45, 7) is 5.63. The molecule has 1 aromatic heterocycles. The van der Waals surface area contributed by atoms with Crippen LogP contribution in [0.1, 0.15) is 36.8 Å². The third-order valence-electron chi connectivity index (χ3n) is 4.78. The lowest BCUT2D eigenvalue weighted by Crippen LogP contribution is -2.37. The quantitative estimate of drug-likeness (QED) is 0.864. The summed E-state index contributed by atoms with van der Waals surface area (Å²) >= 11 is 0. The summed E-state index contributed by atoms with van der Waals surface area (Å²) in [7, 11) is 0. The minimum Gasteiger partial charge on any atom is -0.341 e. The molecule has 1 saturated heterocycles. The van der Waals surface area contributed by atoms with Gasteiger partial charge in [-0.2, -0.15) is 5.10 Å². The van der Waals surface area contributed by atoms with Gasteiger partial charge in [0.2, 0.25) is 5.91 Å². The number of rotatable bonds is 3. The highest BCUT2D eigenvalue weighted by molar-refractivity contribution is 5.76. The molecule has 1 amide bonds. The van der Waals surface area contributed by atoms with E-state index in [9.17, 15) is 9.59 Å². The van der Waals surface area contributed by atoms with E-state index in [0.717, 1.165) is 48.3 Å². The van der Waals surface area contributed by atoms with E-state index in [1.165, 1.54) is 23.6 Å². The topological polar surface area (TPSA) is 55.2 Å². The molecule has 0 atom stereocenters. The second-order valence-corrected chi connectivity index (χ2v) is 6.83. The first-order valence-electron chi connectivity index (χ1n) is 8.98. The third kappa shape index (κ3) is 4.16. The lowest BCUT2D eigenvalue weighted by atomic mass is 10.0. The summed E-state index contributed by atoms with van der Waals surface area (Å²) in [5, 5.41) is 4.46. The molecular weight excluding hydrogens is 314 g/mol. The molecule has 2 heterocycles. The van der Waals surface area contributed by atoms with Crippen molar-refractivity contribution >= 4 is 5.91 Å². The molecule has 1 aliphatic rings. The highest BCUT2D eigenvalue weighted by Crippen LogP contribution is 2.21. The van der Waals surface area contributed by atoms with E-state index >= 15 is 0 Å². The van der Waals surface area contributed by atoms with E-state index in [0.29, 0.717) is 0 Å². The molecule has 0 spiro atoms. The summed E-state index contributed by atoms with van der Waals surface area (Å²) < 4.78 is 1.30. The first-order valence-corrected chi connectivity index (χ1v) is 8.98. The summed E-state index contributed by atoms with van der Waals surface area (Å²) in [6.07, 6.45) is 4.42. The number of benzene rings is 1. The normalized spacial score (nSPS) is 15.0. The second kappa shape index (κ2) is 7.64. The molecule has 2 aromatic rings. The molecule has 0 radical (unpaired) electrons. The average Bonchev–Trinajstić information content (AvgIpc) is 2.88. The summed E-state index contributed by atoms with van der Waals surface area (Å²) in [5.74, 6) is -0.0189. The van der Waals surface area contributed by atoms with Crippen LogP contribution in [0, 0.1) is 13.8 Å².